The normalized spacial score (nSPS) is 16.9. The van der Waals surface area contributed by atoms with Crippen molar-refractivity contribution in [3.05, 3.63) is 40.9 Å². The second kappa shape index (κ2) is 6.08. The van der Waals surface area contributed by atoms with Crippen molar-refractivity contribution in [1.82, 2.24) is 5.32 Å². The molecule has 0 aliphatic carbocycles. The molecule has 0 saturated heterocycles. The van der Waals surface area contributed by atoms with Crippen molar-refractivity contribution < 1.29 is 14.6 Å². The Morgan fingerprint density at radius 2 is 2.29 bits per heavy atom. The lowest BCUT2D eigenvalue weighted by atomic mass is 9.86. The Kier molecular flexibility index (Phi) is 4.59. The van der Waals surface area contributed by atoms with Crippen molar-refractivity contribution in [3.63, 3.8) is 0 Å². The van der Waals surface area contributed by atoms with Gasteiger partial charge in [-0.2, -0.15) is 0 Å². The minimum atomic E-state index is -0.935. The SMILES string of the molecule is C=C(Cl)CC(NCc1ccc2c(c1)OCC2(C)C)C(=O)O. The van der Waals surface area contributed by atoms with Crippen LogP contribution in [0.4, 0.5) is 0 Å². The maximum Gasteiger partial charge on any atom is 0.321 e. The molecular weight excluding hydrogens is 290 g/mol. The van der Waals surface area contributed by atoms with Crippen molar-refractivity contribution in [2.75, 3.05) is 6.61 Å². The number of rotatable bonds is 6. The van der Waals surface area contributed by atoms with Gasteiger partial charge in [0.1, 0.15) is 11.8 Å². The van der Waals surface area contributed by atoms with E-state index in [2.05, 4.69) is 31.8 Å². The second-order valence-electron chi connectivity index (χ2n) is 6.00. The number of nitrogens with one attached hydrogen (secondary N) is 1. The molecule has 0 spiro atoms. The summed E-state index contributed by atoms with van der Waals surface area (Å²) in [6.45, 7) is 8.93. The van der Waals surface area contributed by atoms with Gasteiger partial charge in [0.2, 0.25) is 0 Å². The quantitative estimate of drug-likeness (QED) is 0.848. The predicted octanol–water partition coefficient (Wildman–Crippen LogP) is 3.04. The molecule has 5 heteroatoms. The first-order valence-corrected chi connectivity index (χ1v) is 7.23. The van der Waals surface area contributed by atoms with E-state index in [-0.39, 0.29) is 11.8 Å². The highest BCUT2D eigenvalue weighted by molar-refractivity contribution is 6.29. The Morgan fingerprint density at radius 1 is 1.57 bits per heavy atom. The van der Waals surface area contributed by atoms with E-state index in [0.717, 1.165) is 11.3 Å². The molecule has 1 aliphatic rings. The van der Waals surface area contributed by atoms with Crippen LogP contribution in [0.5, 0.6) is 5.75 Å². The summed E-state index contributed by atoms with van der Waals surface area (Å²) in [4.78, 5) is 11.1. The molecule has 1 atom stereocenters. The molecule has 1 aromatic carbocycles. The summed E-state index contributed by atoms with van der Waals surface area (Å²) in [6, 6.07) is 5.28. The molecule has 1 aromatic rings. The molecule has 21 heavy (non-hydrogen) atoms. The Hall–Kier alpha value is -1.52. The lowest BCUT2D eigenvalue weighted by Crippen LogP contribution is -2.36. The number of halogens is 1. The average molecular weight is 310 g/mol. The summed E-state index contributed by atoms with van der Waals surface area (Å²) in [5.41, 5.74) is 2.20. The third-order valence-corrected chi connectivity index (χ3v) is 3.79. The smallest absolute Gasteiger partial charge is 0.321 e. The zero-order chi connectivity index (χ0) is 15.6. The highest BCUT2D eigenvalue weighted by atomic mass is 35.5. The molecule has 114 valence electrons. The fourth-order valence-corrected chi connectivity index (χ4v) is 2.55. The Balaban J connectivity index is 2.04. The van der Waals surface area contributed by atoms with Gasteiger partial charge in [-0.15, -0.1) is 0 Å². The Morgan fingerprint density at radius 3 is 2.90 bits per heavy atom. The number of ether oxygens (including phenoxy) is 1. The van der Waals surface area contributed by atoms with Crippen LogP contribution in [-0.2, 0) is 16.8 Å². The van der Waals surface area contributed by atoms with Gasteiger partial charge >= 0.3 is 5.97 Å². The van der Waals surface area contributed by atoms with Gasteiger partial charge < -0.3 is 9.84 Å². The minimum absolute atomic E-state index is 0.0290. The number of hydrogen-bond donors (Lipinski definition) is 2. The summed E-state index contributed by atoms with van der Waals surface area (Å²) in [6.07, 6.45) is 0.200. The molecule has 2 rings (SSSR count). The number of carbonyl (C=O) groups is 1. The number of carboxylic acid groups (broad SMARTS) is 1. The first-order valence-electron chi connectivity index (χ1n) is 6.85. The predicted molar refractivity (Wildman–Crippen MR) is 82.8 cm³/mol. The summed E-state index contributed by atoms with van der Waals surface area (Å²) in [5.74, 6) is -0.0525. The average Bonchev–Trinajstić information content (AvgIpc) is 2.69. The molecule has 0 bridgehead atoms. The van der Waals surface area contributed by atoms with Crippen LogP contribution in [0.3, 0.4) is 0 Å². The monoisotopic (exact) mass is 309 g/mol. The fourth-order valence-electron chi connectivity index (χ4n) is 2.40. The number of fused-ring (bicyclic) bond motifs is 1. The molecular formula is C16H20ClNO3. The van der Waals surface area contributed by atoms with Crippen LogP contribution in [0, 0.1) is 0 Å². The van der Waals surface area contributed by atoms with Crippen LogP contribution in [0.25, 0.3) is 0 Å². The third kappa shape index (κ3) is 3.77. The van der Waals surface area contributed by atoms with Crippen LogP contribution in [0.15, 0.2) is 29.8 Å². The van der Waals surface area contributed by atoms with Crippen LogP contribution in [0.2, 0.25) is 0 Å². The third-order valence-electron chi connectivity index (χ3n) is 3.64. The van der Waals surface area contributed by atoms with Crippen LogP contribution in [0.1, 0.15) is 31.4 Å². The molecule has 1 unspecified atom stereocenters. The van der Waals surface area contributed by atoms with E-state index < -0.39 is 12.0 Å². The summed E-state index contributed by atoms with van der Waals surface area (Å²) in [5, 5.41) is 12.4. The lowest BCUT2D eigenvalue weighted by Gasteiger charge is -2.16. The topological polar surface area (TPSA) is 58.6 Å². The molecule has 0 fully saturated rings. The largest absolute Gasteiger partial charge is 0.492 e. The van der Waals surface area contributed by atoms with Gasteiger partial charge in [-0.1, -0.05) is 44.2 Å². The van der Waals surface area contributed by atoms with Gasteiger partial charge in [-0.25, -0.2) is 0 Å². The van der Waals surface area contributed by atoms with Gasteiger partial charge in [0.25, 0.3) is 0 Å². The number of benzene rings is 1. The number of aliphatic carboxylic acids is 1. The molecule has 0 saturated carbocycles. The van der Waals surface area contributed by atoms with E-state index in [1.807, 2.05) is 12.1 Å². The molecule has 2 N–H and O–H groups in total. The van der Waals surface area contributed by atoms with Crippen LogP contribution >= 0.6 is 11.6 Å². The van der Waals surface area contributed by atoms with E-state index in [4.69, 9.17) is 21.4 Å². The minimum Gasteiger partial charge on any atom is -0.492 e. The molecule has 1 heterocycles. The van der Waals surface area contributed by atoms with Gasteiger partial charge in [0, 0.05) is 29.0 Å². The number of carboxylic acids is 1. The maximum absolute atomic E-state index is 11.1. The molecule has 0 radical (unpaired) electrons. The fraction of sp³-hybridized carbons (Fsp3) is 0.438. The van der Waals surface area contributed by atoms with Crippen molar-refractivity contribution in [2.45, 2.75) is 38.3 Å². The van der Waals surface area contributed by atoms with Crippen LogP contribution < -0.4 is 10.1 Å². The molecule has 1 aliphatic heterocycles. The highest BCUT2D eigenvalue weighted by Gasteiger charge is 2.31. The molecule has 4 nitrogen and oxygen atoms in total. The maximum atomic E-state index is 11.1. The van der Waals surface area contributed by atoms with E-state index in [1.54, 1.807) is 0 Å². The zero-order valence-corrected chi connectivity index (χ0v) is 13.0. The summed E-state index contributed by atoms with van der Waals surface area (Å²) >= 11 is 5.69. The first-order chi connectivity index (χ1) is 9.79. The first kappa shape index (κ1) is 15.9. The van der Waals surface area contributed by atoms with Crippen molar-refractivity contribution >= 4 is 17.6 Å². The van der Waals surface area contributed by atoms with E-state index in [0.29, 0.717) is 18.2 Å². The standard InChI is InChI=1S/C16H20ClNO3/c1-10(17)6-13(15(19)20)18-8-11-4-5-12-14(7-11)21-9-16(12,2)3/h4-5,7,13,18H,1,6,8-9H2,2-3H3,(H,19,20). The second-order valence-corrected chi connectivity index (χ2v) is 6.53. The highest BCUT2D eigenvalue weighted by Crippen LogP contribution is 2.38. The van der Waals surface area contributed by atoms with Gasteiger partial charge in [0.05, 0.1) is 6.61 Å². The summed E-state index contributed by atoms with van der Waals surface area (Å²) < 4.78 is 5.69. The van der Waals surface area contributed by atoms with Crippen LogP contribution in [-0.4, -0.2) is 23.7 Å². The number of hydrogen-bond acceptors (Lipinski definition) is 3. The lowest BCUT2D eigenvalue weighted by molar-refractivity contribution is -0.139. The Labute approximate surface area is 129 Å². The van der Waals surface area contributed by atoms with Gasteiger partial charge in [-0.05, 0) is 11.6 Å². The van der Waals surface area contributed by atoms with Crippen molar-refractivity contribution in [2.24, 2.45) is 0 Å². The van der Waals surface area contributed by atoms with Crippen molar-refractivity contribution in [1.29, 1.82) is 0 Å². The van der Waals surface area contributed by atoms with E-state index >= 15 is 0 Å². The van der Waals surface area contributed by atoms with Gasteiger partial charge in [0.15, 0.2) is 0 Å². The van der Waals surface area contributed by atoms with Gasteiger partial charge in [-0.3, -0.25) is 10.1 Å². The molecule has 0 aromatic heterocycles. The zero-order valence-electron chi connectivity index (χ0n) is 12.3. The van der Waals surface area contributed by atoms with Crippen molar-refractivity contribution in [3.8, 4) is 5.75 Å². The Bertz CT molecular complexity index is 569. The molecule has 0 amide bonds. The summed E-state index contributed by atoms with van der Waals surface area (Å²) in [7, 11) is 0. The van der Waals surface area contributed by atoms with E-state index in [1.165, 1.54) is 5.56 Å². The van der Waals surface area contributed by atoms with E-state index in [9.17, 15) is 4.79 Å².